The number of anilines is 1. The third-order valence-electron chi connectivity index (χ3n) is 2.12. The fourth-order valence-corrected chi connectivity index (χ4v) is 1.88. The molecule has 2 rings (SSSR count). The van der Waals surface area contributed by atoms with E-state index < -0.39 is 11.9 Å². The van der Waals surface area contributed by atoms with Crippen molar-refractivity contribution in [1.82, 2.24) is 0 Å². The van der Waals surface area contributed by atoms with Crippen LogP contribution >= 0.6 is 22.6 Å². The zero-order valence-electron chi connectivity index (χ0n) is 9.01. The van der Waals surface area contributed by atoms with Crippen LogP contribution in [0.25, 0.3) is 0 Å². The smallest absolute Gasteiger partial charge is 0.371 e. The van der Waals surface area contributed by atoms with Gasteiger partial charge in [-0.2, -0.15) is 0 Å². The number of hydrogen-bond donors (Lipinski definition) is 2. The van der Waals surface area contributed by atoms with Crippen LogP contribution in [0.15, 0.2) is 40.8 Å². The Hall–Kier alpha value is -1.83. The minimum atomic E-state index is -1.21. The number of carboxylic acids is 1. The maximum Gasteiger partial charge on any atom is 0.371 e. The fraction of sp³-hybridized carbons (Fsp3) is 0. The van der Waals surface area contributed by atoms with Gasteiger partial charge in [0.25, 0.3) is 5.91 Å². The minimum Gasteiger partial charge on any atom is -0.475 e. The Kier molecular flexibility index (Phi) is 3.66. The van der Waals surface area contributed by atoms with Crippen LogP contribution in [0.1, 0.15) is 21.1 Å². The van der Waals surface area contributed by atoms with Gasteiger partial charge < -0.3 is 14.8 Å². The third kappa shape index (κ3) is 2.89. The topological polar surface area (TPSA) is 79.5 Å². The van der Waals surface area contributed by atoms with Gasteiger partial charge in [0, 0.05) is 9.26 Å². The average molecular weight is 357 g/mol. The number of carbonyl (C=O) groups excluding carboxylic acids is 1. The monoisotopic (exact) mass is 357 g/mol. The van der Waals surface area contributed by atoms with Gasteiger partial charge in [0.15, 0.2) is 5.76 Å². The molecule has 0 saturated carbocycles. The maximum atomic E-state index is 11.8. The molecule has 92 valence electrons. The lowest BCUT2D eigenvalue weighted by Gasteiger charge is -2.03. The van der Waals surface area contributed by atoms with Crippen molar-refractivity contribution in [2.75, 3.05) is 5.32 Å². The molecular formula is C12H8INO4. The van der Waals surface area contributed by atoms with E-state index in [1.54, 1.807) is 12.1 Å². The molecule has 0 fully saturated rings. The third-order valence-corrected chi connectivity index (χ3v) is 2.79. The van der Waals surface area contributed by atoms with Crippen LogP contribution in [0.3, 0.4) is 0 Å². The van der Waals surface area contributed by atoms with E-state index in [1.807, 2.05) is 12.1 Å². The van der Waals surface area contributed by atoms with Crippen LogP contribution < -0.4 is 5.32 Å². The number of hydrogen-bond acceptors (Lipinski definition) is 3. The standard InChI is InChI=1S/C12H8INO4/c13-7-2-1-3-8(6-7)14-11(15)9-4-5-10(18-9)12(16)17/h1-6H,(H,14,15)(H,16,17). The summed E-state index contributed by atoms with van der Waals surface area (Å²) in [6.45, 7) is 0. The van der Waals surface area contributed by atoms with E-state index in [9.17, 15) is 9.59 Å². The molecule has 0 aliphatic heterocycles. The van der Waals surface area contributed by atoms with Crippen LogP contribution in [-0.2, 0) is 0 Å². The highest BCUT2D eigenvalue weighted by atomic mass is 127. The summed E-state index contributed by atoms with van der Waals surface area (Å²) in [6, 6.07) is 9.80. The van der Waals surface area contributed by atoms with Crippen molar-refractivity contribution >= 4 is 40.2 Å². The maximum absolute atomic E-state index is 11.8. The summed E-state index contributed by atoms with van der Waals surface area (Å²) in [7, 11) is 0. The second-order valence-corrected chi connectivity index (χ2v) is 4.68. The molecule has 0 bridgehead atoms. The number of halogens is 1. The van der Waals surface area contributed by atoms with E-state index in [0.717, 1.165) is 3.57 Å². The van der Waals surface area contributed by atoms with Crippen molar-refractivity contribution in [2.24, 2.45) is 0 Å². The SMILES string of the molecule is O=C(O)c1ccc(C(=O)Nc2cccc(I)c2)o1. The van der Waals surface area contributed by atoms with Gasteiger partial charge in [-0.1, -0.05) is 6.07 Å². The number of amides is 1. The van der Waals surface area contributed by atoms with Crippen molar-refractivity contribution in [3.63, 3.8) is 0 Å². The Labute approximate surface area is 116 Å². The molecule has 0 aliphatic rings. The predicted octanol–water partition coefficient (Wildman–Crippen LogP) is 2.83. The second kappa shape index (κ2) is 5.21. The van der Waals surface area contributed by atoms with Crippen molar-refractivity contribution in [3.05, 3.63) is 51.5 Å². The summed E-state index contributed by atoms with van der Waals surface area (Å²) >= 11 is 2.13. The average Bonchev–Trinajstić information content (AvgIpc) is 2.78. The summed E-state index contributed by atoms with van der Waals surface area (Å²) in [5.41, 5.74) is 0.625. The largest absolute Gasteiger partial charge is 0.475 e. The summed E-state index contributed by atoms with van der Waals surface area (Å²) < 4.78 is 5.88. The van der Waals surface area contributed by atoms with E-state index in [4.69, 9.17) is 9.52 Å². The zero-order valence-corrected chi connectivity index (χ0v) is 11.2. The molecule has 6 heteroatoms. The molecule has 2 N–H and O–H groups in total. The van der Waals surface area contributed by atoms with Crippen molar-refractivity contribution in [1.29, 1.82) is 0 Å². The number of rotatable bonds is 3. The molecule has 2 aromatic rings. The lowest BCUT2D eigenvalue weighted by Crippen LogP contribution is -2.11. The first-order valence-electron chi connectivity index (χ1n) is 4.96. The Balaban J connectivity index is 2.14. The molecule has 0 saturated heterocycles. The van der Waals surface area contributed by atoms with Crippen molar-refractivity contribution in [2.45, 2.75) is 0 Å². The van der Waals surface area contributed by atoms with E-state index in [1.165, 1.54) is 12.1 Å². The van der Waals surface area contributed by atoms with Crippen molar-refractivity contribution in [3.8, 4) is 0 Å². The Morgan fingerprint density at radius 2 is 1.89 bits per heavy atom. The molecule has 1 heterocycles. The molecule has 0 aliphatic carbocycles. The highest BCUT2D eigenvalue weighted by Crippen LogP contribution is 2.15. The van der Waals surface area contributed by atoms with Crippen LogP contribution in [0, 0.1) is 3.57 Å². The molecule has 5 nitrogen and oxygen atoms in total. The first-order valence-corrected chi connectivity index (χ1v) is 6.04. The fourth-order valence-electron chi connectivity index (χ4n) is 1.33. The van der Waals surface area contributed by atoms with E-state index in [-0.39, 0.29) is 11.5 Å². The first kappa shape index (κ1) is 12.6. The Bertz CT molecular complexity index is 606. The van der Waals surface area contributed by atoms with Crippen LogP contribution in [-0.4, -0.2) is 17.0 Å². The molecule has 0 spiro atoms. The summed E-state index contributed by atoms with van der Waals surface area (Å²) in [5, 5.41) is 11.3. The molecule has 0 atom stereocenters. The molecular weight excluding hydrogens is 349 g/mol. The number of nitrogens with one attached hydrogen (secondary N) is 1. The number of carbonyl (C=O) groups is 2. The van der Waals surface area contributed by atoms with Crippen LogP contribution in [0.4, 0.5) is 5.69 Å². The number of carboxylic acid groups (broad SMARTS) is 1. The predicted molar refractivity (Wildman–Crippen MR) is 72.8 cm³/mol. The highest BCUT2D eigenvalue weighted by molar-refractivity contribution is 14.1. The lowest BCUT2D eigenvalue weighted by molar-refractivity contribution is 0.0660. The number of aromatic carboxylic acids is 1. The summed E-state index contributed by atoms with van der Waals surface area (Å²) in [4.78, 5) is 22.4. The number of benzene rings is 1. The van der Waals surface area contributed by atoms with Gasteiger partial charge in [0.2, 0.25) is 5.76 Å². The van der Waals surface area contributed by atoms with E-state index in [0.29, 0.717) is 5.69 Å². The zero-order chi connectivity index (χ0) is 13.1. The molecule has 1 aromatic heterocycles. The van der Waals surface area contributed by atoms with Crippen LogP contribution in [0.5, 0.6) is 0 Å². The van der Waals surface area contributed by atoms with Gasteiger partial charge in [0.1, 0.15) is 0 Å². The van der Waals surface area contributed by atoms with Gasteiger partial charge in [-0.25, -0.2) is 4.79 Å². The molecule has 0 unspecified atom stereocenters. The summed E-state index contributed by atoms with van der Waals surface area (Å²) in [5.74, 6) is -1.98. The molecule has 18 heavy (non-hydrogen) atoms. The second-order valence-electron chi connectivity index (χ2n) is 3.43. The number of furan rings is 1. The lowest BCUT2D eigenvalue weighted by atomic mass is 10.3. The van der Waals surface area contributed by atoms with Gasteiger partial charge in [-0.15, -0.1) is 0 Å². The Morgan fingerprint density at radius 1 is 1.17 bits per heavy atom. The van der Waals surface area contributed by atoms with E-state index >= 15 is 0 Å². The highest BCUT2D eigenvalue weighted by Gasteiger charge is 2.14. The van der Waals surface area contributed by atoms with Gasteiger partial charge in [-0.3, -0.25) is 4.79 Å². The van der Waals surface area contributed by atoms with Crippen LogP contribution in [0.2, 0.25) is 0 Å². The summed E-state index contributed by atoms with van der Waals surface area (Å²) in [6.07, 6.45) is 0. The van der Waals surface area contributed by atoms with Gasteiger partial charge >= 0.3 is 5.97 Å². The molecule has 1 aromatic carbocycles. The van der Waals surface area contributed by atoms with Crippen molar-refractivity contribution < 1.29 is 19.1 Å². The van der Waals surface area contributed by atoms with Gasteiger partial charge in [-0.05, 0) is 52.9 Å². The molecule has 0 radical (unpaired) electrons. The quantitative estimate of drug-likeness (QED) is 0.828. The normalized spacial score (nSPS) is 10.1. The van der Waals surface area contributed by atoms with Gasteiger partial charge in [0.05, 0.1) is 0 Å². The Morgan fingerprint density at radius 3 is 2.50 bits per heavy atom. The minimum absolute atomic E-state index is 0.0359. The molecule has 1 amide bonds. The first-order chi connectivity index (χ1) is 8.56. The van der Waals surface area contributed by atoms with E-state index in [2.05, 4.69) is 27.9 Å².